The summed E-state index contributed by atoms with van der Waals surface area (Å²) < 4.78 is 6.07. The molecule has 1 heterocycles. The molecule has 0 N–H and O–H groups in total. The Morgan fingerprint density at radius 1 is 1.30 bits per heavy atom. The van der Waals surface area contributed by atoms with Gasteiger partial charge in [-0.15, -0.1) is 5.92 Å². The molecule has 0 saturated carbocycles. The monoisotopic (exact) mass is 315 g/mol. The van der Waals surface area contributed by atoms with Crippen LogP contribution in [0, 0.1) is 17.8 Å². The fourth-order valence-electron chi connectivity index (χ4n) is 3.40. The molecule has 0 radical (unpaired) electrons. The minimum atomic E-state index is 0.443. The molecule has 1 atom stereocenters. The highest BCUT2D eigenvalue weighted by Gasteiger charge is 2.19. The standard InChI is InChI=1S/C21H33NO/c1-4-5-13-22-14-6-8-19(12-15-22)9-7-16-23-21-11-10-20(17-21)18(2)3/h8,10,18,21H,6-7,9,11-17H2,1-3H3. The SMILES string of the molecule is CC#CCN1CCC=C(CCCOC2CC=C(C(C)C)C2)CC1. The lowest BCUT2D eigenvalue weighted by Crippen LogP contribution is -2.25. The van der Waals surface area contributed by atoms with Crippen LogP contribution >= 0.6 is 0 Å². The van der Waals surface area contributed by atoms with Crippen LogP contribution in [0.5, 0.6) is 0 Å². The Labute approximate surface area is 143 Å². The Balaban J connectivity index is 1.58. The zero-order valence-electron chi connectivity index (χ0n) is 15.2. The lowest BCUT2D eigenvalue weighted by atomic mass is 10.0. The highest BCUT2D eigenvalue weighted by molar-refractivity contribution is 5.13. The second kappa shape index (κ2) is 9.96. The van der Waals surface area contributed by atoms with E-state index in [-0.39, 0.29) is 0 Å². The van der Waals surface area contributed by atoms with Crippen LogP contribution in [0.15, 0.2) is 23.3 Å². The molecule has 0 amide bonds. The van der Waals surface area contributed by atoms with E-state index in [1.54, 1.807) is 11.1 Å². The zero-order valence-corrected chi connectivity index (χ0v) is 15.2. The largest absolute Gasteiger partial charge is 0.378 e. The van der Waals surface area contributed by atoms with Crippen LogP contribution in [0.4, 0.5) is 0 Å². The minimum absolute atomic E-state index is 0.443. The first-order valence-electron chi connectivity index (χ1n) is 9.29. The van der Waals surface area contributed by atoms with Crippen LogP contribution in [-0.4, -0.2) is 37.2 Å². The summed E-state index contributed by atoms with van der Waals surface area (Å²) in [6.07, 6.45) is 12.3. The van der Waals surface area contributed by atoms with Crippen molar-refractivity contribution in [2.75, 3.05) is 26.2 Å². The molecule has 0 bridgehead atoms. The average Bonchev–Trinajstić information content (AvgIpc) is 2.90. The van der Waals surface area contributed by atoms with Gasteiger partial charge in [-0.1, -0.05) is 43.1 Å². The van der Waals surface area contributed by atoms with Crippen molar-refractivity contribution in [1.82, 2.24) is 4.90 Å². The lowest BCUT2D eigenvalue weighted by molar-refractivity contribution is 0.0589. The molecule has 128 valence electrons. The van der Waals surface area contributed by atoms with Gasteiger partial charge in [-0.3, -0.25) is 4.90 Å². The molecular weight excluding hydrogens is 282 g/mol. The van der Waals surface area contributed by atoms with Gasteiger partial charge in [0, 0.05) is 19.7 Å². The van der Waals surface area contributed by atoms with E-state index < -0.39 is 0 Å². The molecule has 0 aromatic rings. The topological polar surface area (TPSA) is 12.5 Å². The van der Waals surface area contributed by atoms with E-state index in [1.807, 2.05) is 6.92 Å². The van der Waals surface area contributed by atoms with Crippen LogP contribution in [0.1, 0.15) is 59.3 Å². The van der Waals surface area contributed by atoms with E-state index in [0.29, 0.717) is 12.0 Å². The van der Waals surface area contributed by atoms with Crippen LogP contribution in [0.3, 0.4) is 0 Å². The summed E-state index contributed by atoms with van der Waals surface area (Å²) in [5.74, 6) is 6.86. The Kier molecular flexibility index (Phi) is 7.92. The fraction of sp³-hybridized carbons (Fsp3) is 0.714. The molecule has 2 nitrogen and oxygen atoms in total. The number of ether oxygens (including phenoxy) is 1. The van der Waals surface area contributed by atoms with Crippen molar-refractivity contribution in [3.8, 4) is 11.8 Å². The van der Waals surface area contributed by atoms with Crippen molar-refractivity contribution < 1.29 is 4.74 Å². The average molecular weight is 316 g/mol. The summed E-state index contributed by atoms with van der Waals surface area (Å²) in [6, 6.07) is 0. The second-order valence-electron chi connectivity index (χ2n) is 7.07. The normalized spacial score (nSPS) is 22.3. The molecule has 0 aromatic heterocycles. The summed E-state index contributed by atoms with van der Waals surface area (Å²) in [6.45, 7) is 10.6. The Bertz CT molecular complexity index is 478. The summed E-state index contributed by atoms with van der Waals surface area (Å²) in [5.41, 5.74) is 3.20. The van der Waals surface area contributed by atoms with Gasteiger partial charge < -0.3 is 4.74 Å². The third kappa shape index (κ3) is 6.53. The van der Waals surface area contributed by atoms with Gasteiger partial charge in [0.2, 0.25) is 0 Å². The molecule has 0 spiro atoms. The molecule has 2 rings (SSSR count). The zero-order chi connectivity index (χ0) is 16.5. The maximum absolute atomic E-state index is 6.07. The fourth-order valence-corrected chi connectivity index (χ4v) is 3.40. The minimum Gasteiger partial charge on any atom is -0.378 e. The smallest absolute Gasteiger partial charge is 0.0646 e. The molecule has 2 heteroatoms. The summed E-state index contributed by atoms with van der Waals surface area (Å²) in [4.78, 5) is 2.47. The third-order valence-electron chi connectivity index (χ3n) is 4.95. The van der Waals surface area contributed by atoms with E-state index in [0.717, 1.165) is 45.5 Å². The maximum Gasteiger partial charge on any atom is 0.0646 e. The van der Waals surface area contributed by atoms with Crippen molar-refractivity contribution in [2.45, 2.75) is 65.4 Å². The lowest BCUT2D eigenvalue weighted by Gasteiger charge is -2.16. The summed E-state index contributed by atoms with van der Waals surface area (Å²) in [7, 11) is 0. The van der Waals surface area contributed by atoms with Gasteiger partial charge in [0.25, 0.3) is 0 Å². The van der Waals surface area contributed by atoms with E-state index >= 15 is 0 Å². The predicted molar refractivity (Wildman–Crippen MR) is 98.3 cm³/mol. The van der Waals surface area contributed by atoms with Gasteiger partial charge in [-0.2, -0.15) is 0 Å². The van der Waals surface area contributed by atoms with Gasteiger partial charge >= 0.3 is 0 Å². The van der Waals surface area contributed by atoms with E-state index in [1.165, 1.54) is 19.3 Å². The van der Waals surface area contributed by atoms with Crippen molar-refractivity contribution in [2.24, 2.45) is 5.92 Å². The molecule has 1 aliphatic heterocycles. The van der Waals surface area contributed by atoms with Crippen LogP contribution < -0.4 is 0 Å². The first kappa shape index (κ1) is 18.3. The van der Waals surface area contributed by atoms with Crippen molar-refractivity contribution in [3.63, 3.8) is 0 Å². The quantitative estimate of drug-likeness (QED) is 0.387. The third-order valence-corrected chi connectivity index (χ3v) is 4.95. The molecular formula is C21H33NO. The molecule has 1 aliphatic carbocycles. The van der Waals surface area contributed by atoms with Crippen molar-refractivity contribution >= 4 is 0 Å². The summed E-state index contributed by atoms with van der Waals surface area (Å²) >= 11 is 0. The number of hydrogen-bond donors (Lipinski definition) is 0. The Hall–Kier alpha value is -1.04. The predicted octanol–water partition coefficient (Wildman–Crippen LogP) is 4.57. The first-order valence-corrected chi connectivity index (χ1v) is 9.29. The molecule has 23 heavy (non-hydrogen) atoms. The van der Waals surface area contributed by atoms with E-state index in [9.17, 15) is 0 Å². The number of hydrogen-bond acceptors (Lipinski definition) is 2. The molecule has 0 aromatic carbocycles. The summed E-state index contributed by atoms with van der Waals surface area (Å²) in [5, 5.41) is 0. The Morgan fingerprint density at radius 2 is 2.17 bits per heavy atom. The van der Waals surface area contributed by atoms with Crippen molar-refractivity contribution in [3.05, 3.63) is 23.3 Å². The molecule has 0 fully saturated rings. The molecule has 0 saturated heterocycles. The van der Waals surface area contributed by atoms with Gasteiger partial charge in [0.15, 0.2) is 0 Å². The van der Waals surface area contributed by atoms with Crippen molar-refractivity contribution in [1.29, 1.82) is 0 Å². The van der Waals surface area contributed by atoms with E-state index in [4.69, 9.17) is 4.74 Å². The van der Waals surface area contributed by atoms with Gasteiger partial charge in [0.05, 0.1) is 12.6 Å². The highest BCUT2D eigenvalue weighted by Crippen LogP contribution is 2.27. The van der Waals surface area contributed by atoms with Gasteiger partial charge in [-0.05, 0) is 51.4 Å². The van der Waals surface area contributed by atoms with Crippen LogP contribution in [-0.2, 0) is 4.74 Å². The molecule has 1 unspecified atom stereocenters. The van der Waals surface area contributed by atoms with Crippen LogP contribution in [0.25, 0.3) is 0 Å². The highest BCUT2D eigenvalue weighted by atomic mass is 16.5. The second-order valence-corrected chi connectivity index (χ2v) is 7.07. The number of nitrogens with zero attached hydrogens (tertiary/aromatic N) is 1. The number of rotatable bonds is 7. The van der Waals surface area contributed by atoms with E-state index in [2.05, 4.69) is 42.7 Å². The van der Waals surface area contributed by atoms with Crippen LogP contribution in [0.2, 0.25) is 0 Å². The van der Waals surface area contributed by atoms with Gasteiger partial charge in [0.1, 0.15) is 0 Å². The van der Waals surface area contributed by atoms with Gasteiger partial charge in [-0.25, -0.2) is 0 Å². The maximum atomic E-state index is 6.07. The first-order chi connectivity index (χ1) is 11.2. The Morgan fingerprint density at radius 3 is 2.91 bits per heavy atom. The molecule has 2 aliphatic rings.